The van der Waals surface area contributed by atoms with Crippen LogP contribution >= 0.6 is 0 Å². The Morgan fingerprint density at radius 1 is 1.07 bits per heavy atom. The third-order valence-electron chi connectivity index (χ3n) is 4.63. The maximum absolute atomic E-state index is 12.5. The number of benzene rings is 2. The van der Waals surface area contributed by atoms with Gasteiger partial charge in [0.2, 0.25) is 5.91 Å². The fraction of sp³-hybridized carbons (Fsp3) is 0.227. The van der Waals surface area contributed by atoms with E-state index in [4.69, 9.17) is 9.15 Å². The summed E-state index contributed by atoms with van der Waals surface area (Å²) in [6.07, 6.45) is -0.153. The average molecular weight is 395 g/mol. The van der Waals surface area contributed by atoms with Gasteiger partial charge in [0, 0.05) is 5.69 Å². The zero-order chi connectivity index (χ0) is 21.1. The van der Waals surface area contributed by atoms with Crippen LogP contribution in [0.15, 0.2) is 45.6 Å². The first-order valence-corrected chi connectivity index (χ1v) is 8.93. The molecule has 7 nitrogen and oxygen atoms in total. The number of hydrogen-bond acceptors (Lipinski definition) is 6. The second-order valence-corrected chi connectivity index (χ2v) is 6.63. The molecule has 150 valence electrons. The Morgan fingerprint density at radius 2 is 1.76 bits per heavy atom. The molecule has 29 heavy (non-hydrogen) atoms. The average Bonchev–Trinajstić information content (AvgIpc) is 2.70. The van der Waals surface area contributed by atoms with Crippen LogP contribution in [0.5, 0.6) is 5.75 Å². The van der Waals surface area contributed by atoms with Crippen LogP contribution in [0, 0.1) is 13.8 Å². The van der Waals surface area contributed by atoms with Crippen molar-refractivity contribution in [3.05, 3.63) is 69.1 Å². The van der Waals surface area contributed by atoms with Crippen LogP contribution in [0.4, 0.5) is 5.69 Å². The second kappa shape index (κ2) is 8.18. The normalized spacial score (nSPS) is 10.6. The molecule has 1 amide bonds. The van der Waals surface area contributed by atoms with Gasteiger partial charge in [0.25, 0.3) is 0 Å². The van der Waals surface area contributed by atoms with E-state index in [2.05, 4.69) is 10.1 Å². The van der Waals surface area contributed by atoms with Crippen molar-refractivity contribution in [3.63, 3.8) is 0 Å². The Morgan fingerprint density at radius 3 is 2.38 bits per heavy atom. The van der Waals surface area contributed by atoms with Crippen LogP contribution in [0.25, 0.3) is 11.0 Å². The Kier molecular flexibility index (Phi) is 5.68. The summed E-state index contributed by atoms with van der Waals surface area (Å²) >= 11 is 0. The van der Waals surface area contributed by atoms with Crippen LogP contribution in [0.3, 0.4) is 0 Å². The maximum Gasteiger partial charge on any atom is 0.340 e. The first-order valence-electron chi connectivity index (χ1n) is 8.93. The summed E-state index contributed by atoms with van der Waals surface area (Å²) < 4.78 is 15.5. The predicted molar refractivity (Wildman–Crippen MR) is 109 cm³/mol. The summed E-state index contributed by atoms with van der Waals surface area (Å²) in [5.74, 6) is -0.255. The highest BCUT2D eigenvalue weighted by Crippen LogP contribution is 2.30. The van der Waals surface area contributed by atoms with Crippen molar-refractivity contribution in [3.8, 4) is 5.75 Å². The smallest absolute Gasteiger partial charge is 0.340 e. The third kappa shape index (κ3) is 4.13. The van der Waals surface area contributed by atoms with Crippen LogP contribution in [-0.4, -0.2) is 26.1 Å². The molecule has 7 heteroatoms. The second-order valence-electron chi connectivity index (χ2n) is 6.63. The molecule has 1 N–H and O–H groups in total. The Balaban J connectivity index is 1.88. The Bertz CT molecular complexity index is 1140. The highest BCUT2D eigenvalue weighted by molar-refractivity contribution is 5.95. The van der Waals surface area contributed by atoms with Crippen molar-refractivity contribution in [2.45, 2.75) is 20.3 Å². The molecule has 0 atom stereocenters. The van der Waals surface area contributed by atoms with Gasteiger partial charge < -0.3 is 19.2 Å². The molecule has 0 bridgehead atoms. The SMILES string of the molecule is COC(=O)c1ccc(NC(=O)Cc2c(C)c3c(OC)cc(C)cc3oc2=O)cc1. The van der Waals surface area contributed by atoms with Gasteiger partial charge in [-0.25, -0.2) is 9.59 Å². The number of carbonyl (C=O) groups is 2. The Labute approximate surface area is 167 Å². The highest BCUT2D eigenvalue weighted by Gasteiger charge is 2.18. The first-order chi connectivity index (χ1) is 13.8. The molecule has 0 fully saturated rings. The molecule has 1 aromatic heterocycles. The number of amides is 1. The number of ether oxygens (including phenoxy) is 2. The van der Waals surface area contributed by atoms with Gasteiger partial charge in [-0.3, -0.25) is 4.79 Å². The van der Waals surface area contributed by atoms with E-state index in [0.29, 0.717) is 33.5 Å². The summed E-state index contributed by atoms with van der Waals surface area (Å²) in [7, 11) is 2.84. The number of methoxy groups -OCH3 is 2. The molecule has 0 spiro atoms. The summed E-state index contributed by atoms with van der Waals surface area (Å²) in [5, 5.41) is 3.38. The number of aryl methyl sites for hydroxylation is 2. The lowest BCUT2D eigenvalue weighted by atomic mass is 10.0. The lowest BCUT2D eigenvalue weighted by Crippen LogP contribution is -2.20. The largest absolute Gasteiger partial charge is 0.496 e. The zero-order valence-electron chi connectivity index (χ0n) is 16.6. The molecule has 0 aliphatic carbocycles. The number of carbonyl (C=O) groups excluding carboxylic acids is 2. The minimum absolute atomic E-state index is 0.153. The minimum atomic E-state index is -0.557. The van der Waals surface area contributed by atoms with Crippen molar-refractivity contribution in [1.29, 1.82) is 0 Å². The fourth-order valence-electron chi connectivity index (χ4n) is 3.18. The summed E-state index contributed by atoms with van der Waals surface area (Å²) in [4.78, 5) is 36.4. The number of esters is 1. The molecule has 3 rings (SSSR count). The van der Waals surface area contributed by atoms with Gasteiger partial charge in [-0.2, -0.15) is 0 Å². The van der Waals surface area contributed by atoms with Crippen LogP contribution in [-0.2, 0) is 16.0 Å². The molecule has 0 aliphatic rings. The van der Waals surface area contributed by atoms with E-state index in [1.165, 1.54) is 7.11 Å². The van der Waals surface area contributed by atoms with Gasteiger partial charge in [-0.15, -0.1) is 0 Å². The molecule has 2 aromatic carbocycles. The van der Waals surface area contributed by atoms with Crippen molar-refractivity contribution in [1.82, 2.24) is 0 Å². The van der Waals surface area contributed by atoms with E-state index in [1.807, 2.05) is 13.0 Å². The molecule has 3 aromatic rings. The molecular weight excluding hydrogens is 374 g/mol. The zero-order valence-corrected chi connectivity index (χ0v) is 16.6. The van der Waals surface area contributed by atoms with Crippen LogP contribution < -0.4 is 15.7 Å². The number of anilines is 1. The third-order valence-corrected chi connectivity index (χ3v) is 4.63. The Hall–Kier alpha value is -3.61. The lowest BCUT2D eigenvalue weighted by Gasteiger charge is -2.12. The maximum atomic E-state index is 12.5. The standard InChI is InChI=1S/C22H21NO6/c1-12-9-17(27-3)20-13(2)16(22(26)29-18(20)10-12)11-19(24)23-15-7-5-14(6-8-15)21(25)28-4/h5-10H,11H2,1-4H3,(H,23,24). The van der Waals surface area contributed by atoms with Gasteiger partial charge in [0.1, 0.15) is 11.3 Å². The molecule has 0 unspecified atom stereocenters. The lowest BCUT2D eigenvalue weighted by molar-refractivity contribution is -0.115. The molecule has 0 saturated heterocycles. The van der Waals surface area contributed by atoms with E-state index in [9.17, 15) is 14.4 Å². The van der Waals surface area contributed by atoms with E-state index >= 15 is 0 Å². The summed E-state index contributed by atoms with van der Waals surface area (Å²) in [5.41, 5.74) is 2.55. The van der Waals surface area contributed by atoms with Crippen molar-refractivity contribution < 1.29 is 23.5 Å². The molecular formula is C22H21NO6. The van der Waals surface area contributed by atoms with Crippen LogP contribution in [0.1, 0.15) is 27.0 Å². The first kappa shape index (κ1) is 20.1. The van der Waals surface area contributed by atoms with Crippen molar-refractivity contribution in [2.75, 3.05) is 19.5 Å². The van der Waals surface area contributed by atoms with Crippen LogP contribution in [0.2, 0.25) is 0 Å². The molecule has 0 aliphatic heterocycles. The monoisotopic (exact) mass is 395 g/mol. The van der Waals surface area contributed by atoms with Gasteiger partial charge in [-0.05, 0) is 61.4 Å². The number of rotatable bonds is 5. The quantitative estimate of drug-likeness (QED) is 0.526. The molecule has 1 heterocycles. The summed E-state index contributed by atoms with van der Waals surface area (Å²) in [6, 6.07) is 9.88. The van der Waals surface area contributed by atoms with Gasteiger partial charge in [0.15, 0.2) is 0 Å². The van der Waals surface area contributed by atoms with Gasteiger partial charge >= 0.3 is 11.6 Å². The fourth-order valence-corrected chi connectivity index (χ4v) is 3.18. The van der Waals surface area contributed by atoms with E-state index in [-0.39, 0.29) is 17.9 Å². The van der Waals surface area contributed by atoms with E-state index < -0.39 is 11.6 Å². The van der Waals surface area contributed by atoms with E-state index in [1.54, 1.807) is 44.4 Å². The number of fused-ring (bicyclic) bond motifs is 1. The predicted octanol–water partition coefficient (Wildman–Crippen LogP) is 3.39. The minimum Gasteiger partial charge on any atom is -0.496 e. The number of nitrogens with one attached hydrogen (secondary N) is 1. The topological polar surface area (TPSA) is 94.8 Å². The van der Waals surface area contributed by atoms with Gasteiger partial charge in [-0.1, -0.05) is 0 Å². The summed E-state index contributed by atoms with van der Waals surface area (Å²) in [6.45, 7) is 3.65. The van der Waals surface area contributed by atoms with E-state index in [0.717, 1.165) is 5.56 Å². The van der Waals surface area contributed by atoms with Gasteiger partial charge in [0.05, 0.1) is 37.2 Å². The molecule has 0 radical (unpaired) electrons. The highest BCUT2D eigenvalue weighted by atomic mass is 16.5. The number of hydrogen-bond donors (Lipinski definition) is 1. The van der Waals surface area contributed by atoms with Crippen molar-refractivity contribution >= 4 is 28.5 Å². The van der Waals surface area contributed by atoms with Crippen molar-refractivity contribution in [2.24, 2.45) is 0 Å². The molecule has 0 saturated carbocycles.